The van der Waals surface area contributed by atoms with Gasteiger partial charge in [-0.25, -0.2) is 0 Å². The Balaban J connectivity index is 1.88. The first-order valence-electron chi connectivity index (χ1n) is 8.19. The molecule has 1 heterocycles. The molecule has 0 fully saturated rings. The molecule has 3 aromatic rings. The summed E-state index contributed by atoms with van der Waals surface area (Å²) in [5, 5.41) is 14.1. The van der Waals surface area contributed by atoms with Crippen molar-refractivity contribution in [3.8, 4) is 17.1 Å². The van der Waals surface area contributed by atoms with Gasteiger partial charge < -0.3 is 14.5 Å². The van der Waals surface area contributed by atoms with Crippen LogP contribution in [0.25, 0.3) is 11.3 Å². The zero-order valence-electron chi connectivity index (χ0n) is 15.1. The Morgan fingerprint density at radius 3 is 2.41 bits per heavy atom. The van der Waals surface area contributed by atoms with Crippen LogP contribution in [0.15, 0.2) is 52.9 Å². The van der Waals surface area contributed by atoms with E-state index in [-0.39, 0.29) is 22.8 Å². The van der Waals surface area contributed by atoms with E-state index in [0.717, 1.165) is 11.1 Å². The fourth-order valence-corrected chi connectivity index (χ4v) is 2.84. The predicted molar refractivity (Wildman–Crippen MR) is 101 cm³/mol. The molecule has 0 radical (unpaired) electrons. The van der Waals surface area contributed by atoms with E-state index < -0.39 is 10.8 Å². The molecular weight excluding hydrogens is 348 g/mol. The Kier molecular flexibility index (Phi) is 4.94. The lowest BCUT2D eigenvalue weighted by Gasteiger charge is -2.06. The van der Waals surface area contributed by atoms with Gasteiger partial charge in [0.1, 0.15) is 11.5 Å². The molecule has 0 aliphatic carbocycles. The minimum Gasteiger partial charge on any atom is -0.497 e. The molecular formula is C20H18N2O5. The smallest absolute Gasteiger partial charge is 0.291 e. The topological polar surface area (TPSA) is 94.6 Å². The lowest BCUT2D eigenvalue weighted by Crippen LogP contribution is -2.11. The first-order chi connectivity index (χ1) is 12.9. The van der Waals surface area contributed by atoms with Gasteiger partial charge >= 0.3 is 0 Å². The summed E-state index contributed by atoms with van der Waals surface area (Å²) in [6, 6.07) is 13.2. The summed E-state index contributed by atoms with van der Waals surface area (Å²) < 4.78 is 10.6. The Morgan fingerprint density at radius 2 is 1.78 bits per heavy atom. The summed E-state index contributed by atoms with van der Waals surface area (Å²) in [6.07, 6.45) is 0. The number of rotatable bonds is 5. The van der Waals surface area contributed by atoms with Gasteiger partial charge in [0.25, 0.3) is 11.6 Å². The Bertz CT molecular complexity index is 1000. The fraction of sp³-hybridized carbons (Fsp3) is 0.150. The molecule has 0 aliphatic heterocycles. The van der Waals surface area contributed by atoms with E-state index in [0.29, 0.717) is 11.4 Å². The predicted octanol–water partition coefficient (Wildman–Crippen LogP) is 4.73. The van der Waals surface area contributed by atoms with E-state index >= 15 is 0 Å². The van der Waals surface area contributed by atoms with Crippen molar-refractivity contribution in [3.05, 3.63) is 75.5 Å². The number of nitro benzene ring substituents is 1. The van der Waals surface area contributed by atoms with Gasteiger partial charge in [0.2, 0.25) is 0 Å². The van der Waals surface area contributed by atoms with Crippen LogP contribution < -0.4 is 10.1 Å². The monoisotopic (exact) mass is 366 g/mol. The van der Waals surface area contributed by atoms with Crippen LogP contribution in [-0.4, -0.2) is 17.9 Å². The number of anilines is 1. The molecule has 7 heteroatoms. The van der Waals surface area contributed by atoms with E-state index in [4.69, 9.17) is 9.15 Å². The molecule has 2 aromatic carbocycles. The number of hydrogen-bond donors (Lipinski definition) is 1. The Labute approximate surface area is 155 Å². The number of ether oxygens (including phenoxy) is 1. The van der Waals surface area contributed by atoms with Gasteiger partial charge in [-0.15, -0.1) is 0 Å². The van der Waals surface area contributed by atoms with Crippen LogP contribution in [-0.2, 0) is 0 Å². The Hall–Kier alpha value is -3.61. The number of nitro groups is 1. The average molecular weight is 366 g/mol. The molecule has 0 saturated carbocycles. The minimum absolute atomic E-state index is 0.0641. The van der Waals surface area contributed by atoms with Gasteiger partial charge in [0, 0.05) is 5.69 Å². The van der Waals surface area contributed by atoms with Crippen molar-refractivity contribution in [2.24, 2.45) is 0 Å². The second kappa shape index (κ2) is 7.33. The van der Waals surface area contributed by atoms with E-state index in [1.54, 1.807) is 6.07 Å². The van der Waals surface area contributed by atoms with Crippen LogP contribution in [0.2, 0.25) is 0 Å². The number of carbonyl (C=O) groups excluding carboxylic acids is 1. The summed E-state index contributed by atoms with van der Waals surface area (Å²) in [5.74, 6) is 0.233. The lowest BCUT2D eigenvalue weighted by molar-refractivity contribution is -0.384. The van der Waals surface area contributed by atoms with Crippen molar-refractivity contribution in [1.82, 2.24) is 0 Å². The van der Waals surface area contributed by atoms with Crippen molar-refractivity contribution in [3.63, 3.8) is 0 Å². The summed E-state index contributed by atoms with van der Waals surface area (Å²) in [7, 11) is 1.43. The number of benzene rings is 2. The van der Waals surface area contributed by atoms with Crippen LogP contribution in [0.3, 0.4) is 0 Å². The third kappa shape index (κ3) is 3.98. The first-order valence-corrected chi connectivity index (χ1v) is 8.19. The maximum absolute atomic E-state index is 12.4. The maximum atomic E-state index is 12.4. The number of hydrogen-bond acceptors (Lipinski definition) is 5. The zero-order valence-corrected chi connectivity index (χ0v) is 15.1. The summed E-state index contributed by atoms with van der Waals surface area (Å²) >= 11 is 0. The molecule has 138 valence electrons. The molecule has 0 bridgehead atoms. The minimum atomic E-state index is -0.518. The largest absolute Gasteiger partial charge is 0.497 e. The highest BCUT2D eigenvalue weighted by Gasteiger charge is 2.21. The number of furan rings is 1. The van der Waals surface area contributed by atoms with Crippen molar-refractivity contribution in [2.45, 2.75) is 13.8 Å². The standard InChI is InChI=1S/C20H18N2O5/c1-12-8-13(2)10-14(9-12)21-20(23)19-7-6-18(27-19)16-5-4-15(26-3)11-17(16)22(24)25/h4-11H,1-3H3,(H,21,23). The van der Waals surface area contributed by atoms with Crippen molar-refractivity contribution < 1.29 is 18.9 Å². The van der Waals surface area contributed by atoms with Gasteiger partial charge in [-0.2, -0.15) is 0 Å². The molecule has 27 heavy (non-hydrogen) atoms. The third-order valence-electron chi connectivity index (χ3n) is 3.98. The summed E-state index contributed by atoms with van der Waals surface area (Å²) in [5.41, 5.74) is 2.82. The molecule has 3 rings (SSSR count). The maximum Gasteiger partial charge on any atom is 0.291 e. The molecule has 1 aromatic heterocycles. The second-order valence-electron chi connectivity index (χ2n) is 6.13. The van der Waals surface area contributed by atoms with E-state index in [9.17, 15) is 14.9 Å². The van der Waals surface area contributed by atoms with Gasteiger partial charge in [0.05, 0.1) is 23.7 Å². The quantitative estimate of drug-likeness (QED) is 0.520. The summed E-state index contributed by atoms with van der Waals surface area (Å²) in [4.78, 5) is 23.3. The van der Waals surface area contributed by atoms with Crippen molar-refractivity contribution >= 4 is 17.3 Å². The Morgan fingerprint density at radius 1 is 1.07 bits per heavy atom. The number of nitrogens with zero attached hydrogens (tertiary/aromatic N) is 1. The van der Waals surface area contributed by atoms with Crippen LogP contribution in [0, 0.1) is 24.0 Å². The van der Waals surface area contributed by atoms with Crippen LogP contribution >= 0.6 is 0 Å². The van der Waals surface area contributed by atoms with E-state index in [1.165, 1.54) is 31.4 Å². The number of methoxy groups -OCH3 is 1. The molecule has 0 unspecified atom stereocenters. The molecule has 0 atom stereocenters. The van der Waals surface area contributed by atoms with Crippen molar-refractivity contribution in [1.29, 1.82) is 0 Å². The van der Waals surface area contributed by atoms with Gasteiger partial charge in [-0.3, -0.25) is 14.9 Å². The number of amides is 1. The van der Waals surface area contributed by atoms with E-state index in [2.05, 4.69) is 5.32 Å². The highest BCUT2D eigenvalue weighted by atomic mass is 16.6. The highest BCUT2D eigenvalue weighted by Crippen LogP contribution is 2.34. The van der Waals surface area contributed by atoms with Gasteiger partial charge in [-0.1, -0.05) is 6.07 Å². The van der Waals surface area contributed by atoms with Crippen LogP contribution in [0.4, 0.5) is 11.4 Å². The summed E-state index contributed by atoms with van der Waals surface area (Å²) in [6.45, 7) is 3.88. The molecule has 1 amide bonds. The second-order valence-corrected chi connectivity index (χ2v) is 6.13. The number of carbonyl (C=O) groups is 1. The fourth-order valence-electron chi connectivity index (χ4n) is 2.84. The van der Waals surface area contributed by atoms with Crippen LogP contribution in [0.1, 0.15) is 21.7 Å². The zero-order chi connectivity index (χ0) is 19.6. The van der Waals surface area contributed by atoms with Gasteiger partial charge in [-0.05, 0) is 61.4 Å². The van der Waals surface area contributed by atoms with E-state index in [1.807, 2.05) is 32.0 Å². The normalized spacial score (nSPS) is 10.5. The molecule has 0 spiro atoms. The first kappa shape index (κ1) is 18.2. The molecule has 0 aliphatic rings. The van der Waals surface area contributed by atoms with Crippen molar-refractivity contribution in [2.75, 3.05) is 12.4 Å². The molecule has 0 saturated heterocycles. The molecule has 7 nitrogen and oxygen atoms in total. The number of nitrogens with one attached hydrogen (secondary N) is 1. The highest BCUT2D eigenvalue weighted by molar-refractivity contribution is 6.02. The lowest BCUT2D eigenvalue weighted by atomic mass is 10.1. The van der Waals surface area contributed by atoms with Crippen LogP contribution in [0.5, 0.6) is 5.75 Å². The van der Waals surface area contributed by atoms with Gasteiger partial charge in [0.15, 0.2) is 5.76 Å². The SMILES string of the molecule is COc1ccc(-c2ccc(C(=O)Nc3cc(C)cc(C)c3)o2)c([N+](=O)[O-])c1. The third-order valence-corrected chi connectivity index (χ3v) is 3.98. The average Bonchev–Trinajstić information content (AvgIpc) is 3.10. The number of aryl methyl sites for hydroxylation is 2. The molecule has 1 N–H and O–H groups in total.